The quantitative estimate of drug-likeness (QED) is 0.761. The van der Waals surface area contributed by atoms with E-state index in [9.17, 15) is 13.2 Å². The van der Waals surface area contributed by atoms with E-state index in [1.165, 1.54) is 0 Å². The van der Waals surface area contributed by atoms with Crippen LogP contribution in [0.5, 0.6) is 0 Å². The average Bonchev–Trinajstić information content (AvgIpc) is 3.02. The minimum atomic E-state index is -2.95. The number of amides is 1. The van der Waals surface area contributed by atoms with Gasteiger partial charge in [0, 0.05) is 32.4 Å². The SMILES string of the molecule is CCN(c1ccc(C(=O)N(C)Cc2ccccc2)cn1)C1CCS(=O)(=O)C1. The maximum atomic E-state index is 12.6. The van der Waals surface area contributed by atoms with Gasteiger partial charge in [-0.05, 0) is 31.0 Å². The zero-order valence-corrected chi connectivity index (χ0v) is 16.5. The van der Waals surface area contributed by atoms with Crippen molar-refractivity contribution < 1.29 is 13.2 Å². The molecule has 144 valence electrons. The number of rotatable bonds is 6. The molecule has 27 heavy (non-hydrogen) atoms. The molecule has 2 heterocycles. The van der Waals surface area contributed by atoms with Crippen LogP contribution >= 0.6 is 0 Å². The van der Waals surface area contributed by atoms with Gasteiger partial charge in [0.1, 0.15) is 5.82 Å². The third kappa shape index (κ3) is 4.66. The first kappa shape index (κ1) is 19.4. The van der Waals surface area contributed by atoms with E-state index in [-0.39, 0.29) is 23.5 Å². The van der Waals surface area contributed by atoms with Crippen molar-refractivity contribution in [3.8, 4) is 0 Å². The third-order valence-electron chi connectivity index (χ3n) is 4.89. The Labute approximate surface area is 160 Å². The Kier molecular flexibility index (Phi) is 5.79. The Morgan fingerprint density at radius 2 is 1.93 bits per heavy atom. The Balaban J connectivity index is 1.69. The van der Waals surface area contributed by atoms with Crippen LogP contribution in [0.1, 0.15) is 29.3 Å². The fourth-order valence-corrected chi connectivity index (χ4v) is 5.19. The molecule has 0 saturated carbocycles. The fraction of sp³-hybridized carbons (Fsp3) is 0.400. The molecule has 2 aromatic rings. The molecule has 1 fully saturated rings. The second kappa shape index (κ2) is 8.08. The van der Waals surface area contributed by atoms with E-state index in [1.807, 2.05) is 42.2 Å². The molecule has 0 radical (unpaired) electrons. The minimum absolute atomic E-state index is 0.0465. The molecule has 6 nitrogen and oxygen atoms in total. The highest BCUT2D eigenvalue weighted by Gasteiger charge is 2.32. The summed E-state index contributed by atoms with van der Waals surface area (Å²) in [7, 11) is -1.18. The summed E-state index contributed by atoms with van der Waals surface area (Å²) in [6, 6.07) is 13.3. The Morgan fingerprint density at radius 1 is 1.19 bits per heavy atom. The summed E-state index contributed by atoms with van der Waals surface area (Å²) in [6.45, 7) is 3.19. The van der Waals surface area contributed by atoms with Gasteiger partial charge in [-0.25, -0.2) is 13.4 Å². The lowest BCUT2D eigenvalue weighted by Crippen LogP contribution is -2.36. The van der Waals surface area contributed by atoms with Crippen LogP contribution in [-0.4, -0.2) is 55.3 Å². The molecule has 1 aliphatic heterocycles. The molecule has 1 aliphatic rings. The van der Waals surface area contributed by atoms with E-state index in [0.29, 0.717) is 30.9 Å². The summed E-state index contributed by atoms with van der Waals surface area (Å²) in [5, 5.41) is 0. The van der Waals surface area contributed by atoms with Crippen LogP contribution in [0.2, 0.25) is 0 Å². The molecular formula is C20H25N3O3S. The van der Waals surface area contributed by atoms with Gasteiger partial charge in [-0.2, -0.15) is 0 Å². The van der Waals surface area contributed by atoms with E-state index in [1.54, 1.807) is 30.3 Å². The number of hydrogen-bond acceptors (Lipinski definition) is 5. The smallest absolute Gasteiger partial charge is 0.255 e. The van der Waals surface area contributed by atoms with Gasteiger partial charge in [0.05, 0.1) is 17.1 Å². The molecule has 0 bridgehead atoms. The number of anilines is 1. The van der Waals surface area contributed by atoms with Crippen LogP contribution in [-0.2, 0) is 16.4 Å². The number of pyridine rings is 1. The molecule has 7 heteroatoms. The summed E-state index contributed by atoms with van der Waals surface area (Å²) in [6.07, 6.45) is 2.20. The highest BCUT2D eigenvalue weighted by Crippen LogP contribution is 2.23. The number of aromatic nitrogens is 1. The number of benzene rings is 1. The molecule has 0 spiro atoms. The highest BCUT2D eigenvalue weighted by atomic mass is 32.2. The number of carbonyl (C=O) groups is 1. The Bertz CT molecular complexity index is 882. The number of hydrogen-bond donors (Lipinski definition) is 0. The molecule has 1 amide bonds. The largest absolute Gasteiger partial charge is 0.353 e. The third-order valence-corrected chi connectivity index (χ3v) is 6.64. The second-order valence-corrected chi connectivity index (χ2v) is 9.12. The van der Waals surface area contributed by atoms with Gasteiger partial charge >= 0.3 is 0 Å². The summed E-state index contributed by atoms with van der Waals surface area (Å²) >= 11 is 0. The van der Waals surface area contributed by atoms with Crippen molar-refractivity contribution in [2.75, 3.05) is 30.0 Å². The lowest BCUT2D eigenvalue weighted by atomic mass is 10.2. The molecule has 1 atom stereocenters. The molecule has 0 aliphatic carbocycles. The Hall–Kier alpha value is -2.41. The molecule has 1 aromatic heterocycles. The van der Waals surface area contributed by atoms with Crippen LogP contribution in [0.4, 0.5) is 5.82 Å². The van der Waals surface area contributed by atoms with Crippen LogP contribution in [0, 0.1) is 0 Å². The van der Waals surface area contributed by atoms with Gasteiger partial charge in [-0.1, -0.05) is 30.3 Å². The van der Waals surface area contributed by atoms with Gasteiger partial charge in [0.2, 0.25) is 0 Å². The van der Waals surface area contributed by atoms with Crippen LogP contribution in [0.25, 0.3) is 0 Å². The molecule has 1 aromatic carbocycles. The van der Waals surface area contributed by atoms with Crippen LogP contribution in [0.3, 0.4) is 0 Å². The predicted molar refractivity (Wildman–Crippen MR) is 107 cm³/mol. The van der Waals surface area contributed by atoms with Crippen molar-refractivity contribution in [1.82, 2.24) is 9.88 Å². The predicted octanol–water partition coefficient (Wildman–Crippen LogP) is 2.37. The second-order valence-electron chi connectivity index (χ2n) is 6.89. The summed E-state index contributed by atoms with van der Waals surface area (Å²) in [4.78, 5) is 20.7. The zero-order chi connectivity index (χ0) is 19.4. The van der Waals surface area contributed by atoms with Crippen molar-refractivity contribution in [2.24, 2.45) is 0 Å². The van der Waals surface area contributed by atoms with Crippen molar-refractivity contribution >= 4 is 21.6 Å². The van der Waals surface area contributed by atoms with E-state index in [0.717, 1.165) is 5.56 Å². The van der Waals surface area contributed by atoms with Gasteiger partial charge in [-0.3, -0.25) is 4.79 Å². The van der Waals surface area contributed by atoms with E-state index in [4.69, 9.17) is 0 Å². The number of sulfone groups is 1. The molecule has 1 saturated heterocycles. The standard InChI is InChI=1S/C20H25N3O3S/c1-3-23(18-11-12-27(25,26)15-18)19-10-9-17(13-21-19)20(24)22(2)14-16-7-5-4-6-8-16/h4-10,13,18H,3,11-12,14-15H2,1-2H3. The van der Waals surface area contributed by atoms with Gasteiger partial charge in [0.15, 0.2) is 9.84 Å². The van der Waals surface area contributed by atoms with E-state index in [2.05, 4.69) is 4.98 Å². The van der Waals surface area contributed by atoms with Gasteiger partial charge in [-0.15, -0.1) is 0 Å². The monoisotopic (exact) mass is 387 g/mol. The number of carbonyl (C=O) groups excluding carboxylic acids is 1. The zero-order valence-electron chi connectivity index (χ0n) is 15.7. The molecular weight excluding hydrogens is 362 g/mol. The maximum absolute atomic E-state index is 12.6. The van der Waals surface area contributed by atoms with Gasteiger partial charge in [0.25, 0.3) is 5.91 Å². The van der Waals surface area contributed by atoms with Crippen molar-refractivity contribution in [3.63, 3.8) is 0 Å². The molecule has 3 rings (SSSR count). The summed E-state index contributed by atoms with van der Waals surface area (Å²) < 4.78 is 23.5. The van der Waals surface area contributed by atoms with E-state index >= 15 is 0 Å². The molecule has 0 N–H and O–H groups in total. The first-order valence-electron chi connectivity index (χ1n) is 9.12. The Morgan fingerprint density at radius 3 is 2.48 bits per heavy atom. The van der Waals surface area contributed by atoms with Crippen LogP contribution < -0.4 is 4.90 Å². The van der Waals surface area contributed by atoms with Crippen molar-refractivity contribution in [2.45, 2.75) is 25.9 Å². The average molecular weight is 388 g/mol. The molecule has 1 unspecified atom stereocenters. The highest BCUT2D eigenvalue weighted by molar-refractivity contribution is 7.91. The maximum Gasteiger partial charge on any atom is 0.255 e. The topological polar surface area (TPSA) is 70.6 Å². The van der Waals surface area contributed by atoms with Crippen LogP contribution in [0.15, 0.2) is 48.7 Å². The van der Waals surface area contributed by atoms with Crippen molar-refractivity contribution in [1.29, 1.82) is 0 Å². The lowest BCUT2D eigenvalue weighted by Gasteiger charge is -2.28. The summed E-state index contributed by atoms with van der Waals surface area (Å²) in [5.41, 5.74) is 1.59. The first-order valence-corrected chi connectivity index (χ1v) is 10.9. The van der Waals surface area contributed by atoms with Crippen molar-refractivity contribution in [3.05, 3.63) is 59.8 Å². The van der Waals surface area contributed by atoms with E-state index < -0.39 is 9.84 Å². The first-order chi connectivity index (χ1) is 12.9. The lowest BCUT2D eigenvalue weighted by molar-refractivity contribution is 0.0784. The minimum Gasteiger partial charge on any atom is -0.353 e. The summed E-state index contributed by atoms with van der Waals surface area (Å²) in [5.74, 6) is 1.02. The fourth-order valence-electron chi connectivity index (χ4n) is 3.46. The normalized spacial score (nSPS) is 18.2. The van der Waals surface area contributed by atoms with Gasteiger partial charge < -0.3 is 9.80 Å². The number of nitrogens with zero attached hydrogens (tertiary/aromatic N) is 3.